The summed E-state index contributed by atoms with van der Waals surface area (Å²) in [4.78, 5) is 4.41. The minimum absolute atomic E-state index is 0. The first-order valence-corrected chi connectivity index (χ1v) is 7.46. The molecule has 0 saturated carbocycles. The molecule has 0 unspecified atom stereocenters. The van der Waals surface area contributed by atoms with Crippen LogP contribution in [0.15, 0.2) is 18.3 Å². The summed E-state index contributed by atoms with van der Waals surface area (Å²) in [6.07, 6.45) is 1.49. The quantitative estimate of drug-likeness (QED) is 0.607. The zero-order valence-corrected chi connectivity index (χ0v) is 15.1. The maximum absolute atomic E-state index is 6.03. The number of nitrogens with zero attached hydrogens (tertiary/aromatic N) is 1. The van der Waals surface area contributed by atoms with Gasteiger partial charge in [0.2, 0.25) is 0 Å². The number of aromatic nitrogens is 1. The van der Waals surface area contributed by atoms with Gasteiger partial charge in [0.1, 0.15) is 5.75 Å². The molecule has 0 bridgehead atoms. The van der Waals surface area contributed by atoms with Crippen molar-refractivity contribution in [1.82, 2.24) is 4.98 Å². The van der Waals surface area contributed by atoms with Crippen molar-refractivity contribution in [1.29, 1.82) is 0 Å². The largest absolute Gasteiger partial charge is 1.00 e. The van der Waals surface area contributed by atoms with Crippen LogP contribution in [0.1, 0.15) is 41.5 Å². The van der Waals surface area contributed by atoms with Gasteiger partial charge >= 0.3 is 25.6 Å². The second-order valence-electron chi connectivity index (χ2n) is 5.82. The summed E-state index contributed by atoms with van der Waals surface area (Å²) >= 11 is 0. The van der Waals surface area contributed by atoms with Gasteiger partial charge in [-0.05, 0) is 53.2 Å². The smallest absolute Gasteiger partial charge is 0.538 e. The summed E-state index contributed by atoms with van der Waals surface area (Å²) in [7, 11) is 1.61. The second kappa shape index (κ2) is 9.59. The molecule has 0 aromatic carbocycles. The molecule has 0 amide bonds. The Morgan fingerprint density at radius 1 is 0.864 bits per heavy atom. The fourth-order valence-electron chi connectivity index (χ4n) is 2.10. The molecule has 5 nitrogen and oxygen atoms in total. The molecule has 0 fully saturated rings. The van der Waals surface area contributed by atoms with Gasteiger partial charge in [-0.1, -0.05) is 6.07 Å². The molecule has 7 heteroatoms. The molecule has 0 N–H and O–H groups in total. The number of rotatable bonds is 8. The van der Waals surface area contributed by atoms with Gasteiger partial charge in [0.05, 0.1) is 13.3 Å². The van der Waals surface area contributed by atoms with Crippen molar-refractivity contribution in [2.24, 2.45) is 0 Å². The summed E-state index contributed by atoms with van der Waals surface area (Å²) < 4.78 is 23.2. The Labute approximate surface area is 146 Å². The normalized spacial score (nSPS) is 11.9. The predicted molar refractivity (Wildman–Crippen MR) is 84.8 cm³/mol. The molecule has 0 aliphatic carbocycles. The van der Waals surface area contributed by atoms with Crippen molar-refractivity contribution in [3.05, 3.63) is 18.3 Å². The van der Waals surface area contributed by atoms with Crippen LogP contribution in [0.25, 0.3) is 0 Å². The van der Waals surface area contributed by atoms with Crippen LogP contribution < -0.4 is 29.2 Å². The van der Waals surface area contributed by atoms with E-state index >= 15 is 0 Å². The van der Waals surface area contributed by atoms with E-state index in [0.29, 0.717) is 11.3 Å². The Morgan fingerprint density at radius 3 is 1.59 bits per heavy atom. The molecule has 1 rings (SSSR count). The van der Waals surface area contributed by atoms with E-state index in [-0.39, 0.29) is 37.2 Å². The summed E-state index contributed by atoms with van der Waals surface area (Å²) in [5, 5.41) is 0. The van der Waals surface area contributed by atoms with Crippen LogP contribution >= 0.6 is 0 Å². The molecular formula is C15H27BLiNO4. The Morgan fingerprint density at radius 2 is 1.32 bits per heavy atom. The molecule has 120 valence electrons. The summed E-state index contributed by atoms with van der Waals surface area (Å²) in [6.45, 7) is 9.61. The zero-order valence-electron chi connectivity index (χ0n) is 15.1. The van der Waals surface area contributed by atoms with Gasteiger partial charge in [0.15, 0.2) is 0 Å². The van der Waals surface area contributed by atoms with Gasteiger partial charge in [-0.2, -0.15) is 0 Å². The molecule has 0 spiro atoms. The van der Waals surface area contributed by atoms with Crippen LogP contribution in [0.5, 0.6) is 5.75 Å². The molecular weight excluding hydrogens is 276 g/mol. The average Bonchev–Trinajstić information content (AvgIpc) is 2.36. The van der Waals surface area contributed by atoms with E-state index < -0.39 is 6.75 Å². The van der Waals surface area contributed by atoms with Crippen molar-refractivity contribution >= 4 is 12.3 Å². The molecule has 22 heavy (non-hydrogen) atoms. The van der Waals surface area contributed by atoms with E-state index in [1.165, 1.54) is 0 Å². The molecule has 0 aliphatic rings. The maximum atomic E-state index is 6.03. The third-order valence-corrected chi connectivity index (χ3v) is 2.71. The average molecular weight is 303 g/mol. The van der Waals surface area contributed by atoms with Crippen molar-refractivity contribution in [3.63, 3.8) is 0 Å². The van der Waals surface area contributed by atoms with Gasteiger partial charge in [0.25, 0.3) is 0 Å². The topological polar surface area (TPSA) is 49.8 Å². The SMILES string of the molecule is COc1ccc([B-](OC(C)C)(OC(C)C)OC(C)C)nc1.[Li+]. The number of pyridine rings is 1. The Hall–Kier alpha value is -0.508. The van der Waals surface area contributed by atoms with Crippen molar-refractivity contribution in [2.45, 2.75) is 59.9 Å². The summed E-state index contributed by atoms with van der Waals surface area (Å²) in [5.41, 5.74) is 0.631. The minimum Gasteiger partial charge on any atom is -0.538 e. The third kappa shape index (κ3) is 6.31. The maximum Gasteiger partial charge on any atom is 1.00 e. The van der Waals surface area contributed by atoms with Crippen LogP contribution in [0, 0.1) is 0 Å². The standard InChI is InChI=1S/C15H27BNO4.Li/c1-11(2)19-16(20-12(3)4,21-13(5)6)15-9-8-14(18-7)10-17-15;/h8-13H,1-7H3;/q-1;+1. The third-order valence-electron chi connectivity index (χ3n) is 2.71. The number of hydrogen-bond donors (Lipinski definition) is 0. The van der Waals surface area contributed by atoms with E-state index in [4.69, 9.17) is 18.7 Å². The summed E-state index contributed by atoms with van der Waals surface area (Å²) in [6, 6.07) is 3.65. The van der Waals surface area contributed by atoms with E-state index in [1.54, 1.807) is 13.3 Å². The molecule has 0 saturated heterocycles. The van der Waals surface area contributed by atoms with Crippen LogP contribution in [0.4, 0.5) is 0 Å². The molecule has 0 atom stereocenters. The fraction of sp³-hybridized carbons (Fsp3) is 0.667. The second-order valence-corrected chi connectivity index (χ2v) is 5.82. The van der Waals surface area contributed by atoms with Crippen LogP contribution in [-0.2, 0) is 14.0 Å². The molecule has 1 aromatic heterocycles. The minimum atomic E-state index is -2.10. The Balaban J connectivity index is 0.00000441. The zero-order chi connectivity index (χ0) is 16.0. The fourth-order valence-corrected chi connectivity index (χ4v) is 2.10. The van der Waals surface area contributed by atoms with E-state index in [9.17, 15) is 0 Å². The van der Waals surface area contributed by atoms with Gasteiger partial charge in [-0.15, -0.1) is 0 Å². The Kier molecular flexibility index (Phi) is 9.37. The molecule has 1 aromatic rings. The van der Waals surface area contributed by atoms with Crippen LogP contribution in [0.2, 0.25) is 0 Å². The van der Waals surface area contributed by atoms with Crippen LogP contribution in [-0.4, -0.2) is 37.2 Å². The van der Waals surface area contributed by atoms with Crippen LogP contribution in [0.3, 0.4) is 0 Å². The van der Waals surface area contributed by atoms with E-state index in [2.05, 4.69) is 4.98 Å². The number of hydrogen-bond acceptors (Lipinski definition) is 5. The molecule has 0 aliphatic heterocycles. The van der Waals surface area contributed by atoms with Gasteiger partial charge in [0, 0.05) is 18.3 Å². The first-order valence-electron chi connectivity index (χ1n) is 7.46. The monoisotopic (exact) mass is 303 g/mol. The van der Waals surface area contributed by atoms with Crippen molar-refractivity contribution in [3.8, 4) is 5.75 Å². The first-order chi connectivity index (χ1) is 9.79. The van der Waals surface area contributed by atoms with E-state index in [1.807, 2.05) is 53.7 Å². The van der Waals surface area contributed by atoms with Gasteiger partial charge in [-0.25, -0.2) is 0 Å². The van der Waals surface area contributed by atoms with Crippen molar-refractivity contribution < 1.29 is 37.6 Å². The number of ether oxygens (including phenoxy) is 1. The molecule has 1 heterocycles. The van der Waals surface area contributed by atoms with Gasteiger partial charge in [-0.3, -0.25) is 4.98 Å². The molecule has 0 radical (unpaired) electrons. The van der Waals surface area contributed by atoms with E-state index in [0.717, 1.165) is 0 Å². The van der Waals surface area contributed by atoms with Crippen molar-refractivity contribution in [2.75, 3.05) is 7.11 Å². The number of methoxy groups -OCH3 is 1. The van der Waals surface area contributed by atoms with Gasteiger partial charge < -0.3 is 18.7 Å². The summed E-state index contributed by atoms with van der Waals surface area (Å²) in [5.74, 6) is 0.682. The first kappa shape index (κ1) is 21.5. The Bertz CT molecular complexity index is 400. The predicted octanol–water partition coefficient (Wildman–Crippen LogP) is -0.485.